The summed E-state index contributed by atoms with van der Waals surface area (Å²) in [5.41, 5.74) is 0.676. The molecule has 0 aliphatic carbocycles. The zero-order valence-corrected chi connectivity index (χ0v) is 10.7. The van der Waals surface area contributed by atoms with Gasteiger partial charge < -0.3 is 4.74 Å². The average Bonchev–Trinajstić information content (AvgIpc) is 2.74. The standard InChI is InChI=1S/C12H16N4O2/c1-4-18-12(17)10(8(2)3)11-15-14-9-5-6-13-7-16(9)11/h5-8,10H,4H2,1-3H3. The summed E-state index contributed by atoms with van der Waals surface area (Å²) in [6, 6.07) is 1.75. The molecule has 96 valence electrons. The minimum atomic E-state index is -0.427. The Bertz CT molecular complexity index is 550. The molecule has 2 aromatic rings. The number of rotatable bonds is 4. The second-order valence-electron chi connectivity index (χ2n) is 4.34. The van der Waals surface area contributed by atoms with Gasteiger partial charge in [0.2, 0.25) is 0 Å². The first-order chi connectivity index (χ1) is 8.65. The lowest BCUT2D eigenvalue weighted by molar-refractivity contribution is -0.146. The van der Waals surface area contributed by atoms with E-state index in [9.17, 15) is 4.79 Å². The van der Waals surface area contributed by atoms with E-state index in [1.54, 1.807) is 29.9 Å². The second kappa shape index (κ2) is 5.12. The molecule has 0 aromatic carbocycles. The quantitative estimate of drug-likeness (QED) is 0.765. The Kier molecular flexibility index (Phi) is 3.55. The van der Waals surface area contributed by atoms with Crippen LogP contribution in [0.3, 0.4) is 0 Å². The van der Waals surface area contributed by atoms with Crippen LogP contribution in [0.5, 0.6) is 0 Å². The Balaban J connectivity index is 2.45. The highest BCUT2D eigenvalue weighted by molar-refractivity contribution is 5.77. The van der Waals surface area contributed by atoms with Crippen LogP contribution in [0.25, 0.3) is 5.65 Å². The van der Waals surface area contributed by atoms with Gasteiger partial charge in [-0.2, -0.15) is 0 Å². The molecule has 0 aliphatic rings. The SMILES string of the molecule is CCOC(=O)C(c1nnc2ccncn12)C(C)C. The summed E-state index contributed by atoms with van der Waals surface area (Å²) in [5, 5.41) is 8.12. The topological polar surface area (TPSA) is 69.4 Å². The molecule has 1 unspecified atom stereocenters. The van der Waals surface area contributed by atoms with E-state index in [4.69, 9.17) is 4.74 Å². The van der Waals surface area contributed by atoms with Crippen molar-refractivity contribution < 1.29 is 9.53 Å². The van der Waals surface area contributed by atoms with Crippen LogP contribution in [0, 0.1) is 5.92 Å². The lowest BCUT2D eigenvalue weighted by Crippen LogP contribution is -2.23. The number of ether oxygens (including phenoxy) is 1. The van der Waals surface area contributed by atoms with Crippen molar-refractivity contribution in [2.45, 2.75) is 26.7 Å². The number of hydrogen-bond acceptors (Lipinski definition) is 5. The van der Waals surface area contributed by atoms with E-state index >= 15 is 0 Å². The summed E-state index contributed by atoms with van der Waals surface area (Å²) in [4.78, 5) is 16.0. The highest BCUT2D eigenvalue weighted by atomic mass is 16.5. The second-order valence-corrected chi connectivity index (χ2v) is 4.34. The summed E-state index contributed by atoms with van der Waals surface area (Å²) in [5.74, 6) is -0.0435. The molecule has 0 saturated carbocycles. The Hall–Kier alpha value is -1.98. The Morgan fingerprint density at radius 2 is 2.22 bits per heavy atom. The van der Waals surface area contributed by atoms with Crippen LogP contribution in [0.2, 0.25) is 0 Å². The van der Waals surface area contributed by atoms with Crippen LogP contribution in [0.1, 0.15) is 32.5 Å². The fourth-order valence-electron chi connectivity index (χ4n) is 1.88. The number of esters is 1. The van der Waals surface area contributed by atoms with E-state index in [1.807, 2.05) is 13.8 Å². The van der Waals surface area contributed by atoms with Gasteiger partial charge in [-0.1, -0.05) is 13.8 Å². The zero-order chi connectivity index (χ0) is 13.1. The molecular weight excluding hydrogens is 232 g/mol. The van der Waals surface area contributed by atoms with E-state index in [0.29, 0.717) is 18.1 Å². The minimum Gasteiger partial charge on any atom is -0.465 e. The summed E-state index contributed by atoms with van der Waals surface area (Å²) in [6.45, 7) is 6.06. The van der Waals surface area contributed by atoms with E-state index in [0.717, 1.165) is 0 Å². The Morgan fingerprint density at radius 1 is 1.44 bits per heavy atom. The van der Waals surface area contributed by atoms with E-state index in [-0.39, 0.29) is 11.9 Å². The first-order valence-corrected chi connectivity index (χ1v) is 5.96. The third-order valence-electron chi connectivity index (χ3n) is 2.73. The molecule has 0 aliphatic heterocycles. The zero-order valence-electron chi connectivity index (χ0n) is 10.7. The third kappa shape index (κ3) is 2.18. The average molecular weight is 248 g/mol. The highest BCUT2D eigenvalue weighted by Crippen LogP contribution is 2.24. The number of aromatic nitrogens is 4. The first-order valence-electron chi connectivity index (χ1n) is 5.96. The fraction of sp³-hybridized carbons (Fsp3) is 0.500. The molecule has 0 radical (unpaired) electrons. The van der Waals surface area contributed by atoms with E-state index in [1.165, 1.54) is 0 Å². The maximum absolute atomic E-state index is 12.0. The molecule has 6 heteroatoms. The molecule has 1 atom stereocenters. The highest BCUT2D eigenvalue weighted by Gasteiger charge is 2.30. The van der Waals surface area contributed by atoms with Crippen LogP contribution in [-0.2, 0) is 9.53 Å². The first kappa shape index (κ1) is 12.5. The van der Waals surface area contributed by atoms with Gasteiger partial charge in [-0.15, -0.1) is 10.2 Å². The van der Waals surface area contributed by atoms with Crippen LogP contribution >= 0.6 is 0 Å². The van der Waals surface area contributed by atoms with Crippen molar-refractivity contribution in [2.75, 3.05) is 6.61 Å². The van der Waals surface area contributed by atoms with Crippen molar-refractivity contribution in [1.29, 1.82) is 0 Å². The summed E-state index contributed by atoms with van der Waals surface area (Å²) < 4.78 is 6.82. The van der Waals surface area contributed by atoms with Crippen molar-refractivity contribution in [3.05, 3.63) is 24.4 Å². The number of hydrogen-bond donors (Lipinski definition) is 0. The molecule has 0 amide bonds. The van der Waals surface area contributed by atoms with Crippen molar-refractivity contribution in [3.8, 4) is 0 Å². The van der Waals surface area contributed by atoms with Gasteiger partial charge in [-0.05, 0) is 12.8 Å². The molecule has 2 heterocycles. The predicted molar refractivity (Wildman–Crippen MR) is 65.0 cm³/mol. The predicted octanol–water partition coefficient (Wildman–Crippen LogP) is 1.43. The molecule has 6 nitrogen and oxygen atoms in total. The lowest BCUT2D eigenvalue weighted by Gasteiger charge is -2.17. The molecule has 0 N–H and O–H groups in total. The Morgan fingerprint density at radius 3 is 2.89 bits per heavy atom. The summed E-state index contributed by atoms with van der Waals surface area (Å²) in [6.07, 6.45) is 3.25. The normalized spacial score (nSPS) is 12.9. The largest absolute Gasteiger partial charge is 0.465 e. The van der Waals surface area contributed by atoms with Crippen LogP contribution in [-0.4, -0.2) is 32.2 Å². The molecule has 18 heavy (non-hydrogen) atoms. The number of carbonyl (C=O) groups excluding carboxylic acids is 1. The Labute approximate surface area is 105 Å². The molecule has 0 fully saturated rings. The smallest absolute Gasteiger partial charge is 0.316 e. The lowest BCUT2D eigenvalue weighted by atomic mass is 9.95. The summed E-state index contributed by atoms with van der Waals surface area (Å²) >= 11 is 0. The van der Waals surface area contributed by atoms with Crippen molar-refractivity contribution in [2.24, 2.45) is 5.92 Å². The maximum Gasteiger partial charge on any atom is 0.316 e. The molecule has 2 rings (SSSR count). The number of fused-ring (bicyclic) bond motifs is 1. The maximum atomic E-state index is 12.0. The van der Waals surface area contributed by atoms with Gasteiger partial charge in [0.25, 0.3) is 0 Å². The molecule has 0 saturated heterocycles. The number of nitrogens with zero attached hydrogens (tertiary/aromatic N) is 4. The molecule has 0 spiro atoms. The van der Waals surface area contributed by atoms with E-state index < -0.39 is 5.92 Å². The van der Waals surface area contributed by atoms with Gasteiger partial charge in [0.1, 0.15) is 12.2 Å². The van der Waals surface area contributed by atoms with Crippen LogP contribution < -0.4 is 0 Å². The van der Waals surface area contributed by atoms with Gasteiger partial charge in [-0.25, -0.2) is 4.98 Å². The molecule has 0 bridgehead atoms. The monoisotopic (exact) mass is 248 g/mol. The van der Waals surface area contributed by atoms with E-state index in [2.05, 4.69) is 15.2 Å². The fourth-order valence-corrected chi connectivity index (χ4v) is 1.88. The van der Waals surface area contributed by atoms with Gasteiger partial charge >= 0.3 is 5.97 Å². The van der Waals surface area contributed by atoms with Gasteiger partial charge in [0, 0.05) is 12.3 Å². The van der Waals surface area contributed by atoms with Crippen molar-refractivity contribution in [1.82, 2.24) is 19.6 Å². The van der Waals surface area contributed by atoms with Gasteiger partial charge in [0.05, 0.1) is 6.61 Å². The van der Waals surface area contributed by atoms with Crippen LogP contribution in [0.4, 0.5) is 0 Å². The van der Waals surface area contributed by atoms with Gasteiger partial charge in [-0.3, -0.25) is 9.20 Å². The molecule has 2 aromatic heterocycles. The van der Waals surface area contributed by atoms with Gasteiger partial charge in [0.15, 0.2) is 11.5 Å². The summed E-state index contributed by atoms with van der Waals surface area (Å²) in [7, 11) is 0. The third-order valence-corrected chi connectivity index (χ3v) is 2.73. The van der Waals surface area contributed by atoms with Crippen molar-refractivity contribution >= 4 is 11.6 Å². The van der Waals surface area contributed by atoms with Crippen LogP contribution in [0.15, 0.2) is 18.6 Å². The molecular formula is C12H16N4O2. The number of carbonyl (C=O) groups is 1. The minimum absolute atomic E-state index is 0.0802. The van der Waals surface area contributed by atoms with Crippen molar-refractivity contribution in [3.63, 3.8) is 0 Å².